The van der Waals surface area contributed by atoms with Crippen molar-refractivity contribution in [1.82, 2.24) is 24.7 Å². The molecule has 7 nitrogen and oxygen atoms in total. The maximum atomic E-state index is 13.8. The Morgan fingerprint density at radius 3 is 3.00 bits per heavy atom. The molecule has 0 spiro atoms. The normalized spacial score (nSPS) is 14.5. The Morgan fingerprint density at radius 1 is 1.38 bits per heavy atom. The van der Waals surface area contributed by atoms with Gasteiger partial charge in [0, 0.05) is 19.3 Å². The first-order valence-electron chi connectivity index (χ1n) is 8.16. The van der Waals surface area contributed by atoms with Crippen LogP contribution in [0.5, 0.6) is 0 Å². The predicted molar refractivity (Wildman–Crippen MR) is 94.5 cm³/mol. The van der Waals surface area contributed by atoms with E-state index in [1.54, 1.807) is 4.90 Å². The molecule has 1 amide bonds. The summed E-state index contributed by atoms with van der Waals surface area (Å²) in [6, 6.07) is 5.76. The molecule has 1 aliphatic heterocycles. The SMILES string of the molecule is Cc1nc2ccccn2c1CNC(=O)C1CN(c2nc(Cl)ncc2F)C1. The lowest BCUT2D eigenvalue weighted by Gasteiger charge is -2.39. The minimum absolute atomic E-state index is 0.0163. The average molecular weight is 375 g/mol. The number of hydrogen-bond donors (Lipinski definition) is 1. The number of rotatable bonds is 4. The molecule has 1 fully saturated rings. The molecule has 3 aromatic rings. The second kappa shape index (κ2) is 6.53. The Hall–Kier alpha value is -2.74. The molecule has 0 saturated carbocycles. The maximum Gasteiger partial charge on any atom is 0.227 e. The Kier molecular flexibility index (Phi) is 4.20. The largest absolute Gasteiger partial charge is 0.352 e. The van der Waals surface area contributed by atoms with Gasteiger partial charge in [-0.1, -0.05) is 6.07 Å². The first kappa shape index (κ1) is 16.7. The van der Waals surface area contributed by atoms with E-state index in [9.17, 15) is 9.18 Å². The Balaban J connectivity index is 1.38. The number of aryl methyl sites for hydroxylation is 1. The first-order valence-corrected chi connectivity index (χ1v) is 8.54. The van der Waals surface area contributed by atoms with E-state index in [0.717, 1.165) is 23.2 Å². The summed E-state index contributed by atoms with van der Waals surface area (Å²) in [5, 5.41) is 2.92. The molecule has 26 heavy (non-hydrogen) atoms. The Labute approximate surface area is 153 Å². The fourth-order valence-corrected chi connectivity index (χ4v) is 3.20. The van der Waals surface area contributed by atoms with E-state index in [2.05, 4.69) is 20.3 Å². The van der Waals surface area contributed by atoms with Gasteiger partial charge in [-0.3, -0.25) is 4.79 Å². The van der Waals surface area contributed by atoms with Crippen LogP contribution in [0.3, 0.4) is 0 Å². The molecule has 0 aliphatic carbocycles. The van der Waals surface area contributed by atoms with Crippen molar-refractivity contribution in [3.63, 3.8) is 0 Å². The first-order chi connectivity index (χ1) is 12.5. The van der Waals surface area contributed by atoms with Crippen LogP contribution in [0, 0.1) is 18.7 Å². The van der Waals surface area contributed by atoms with Gasteiger partial charge in [-0.05, 0) is 30.7 Å². The van der Waals surface area contributed by atoms with E-state index < -0.39 is 5.82 Å². The molecule has 0 atom stereocenters. The summed E-state index contributed by atoms with van der Waals surface area (Å²) in [7, 11) is 0. The third-order valence-corrected chi connectivity index (χ3v) is 4.69. The summed E-state index contributed by atoms with van der Waals surface area (Å²) >= 11 is 5.71. The minimum atomic E-state index is -0.547. The summed E-state index contributed by atoms with van der Waals surface area (Å²) in [5.74, 6) is -0.712. The second-order valence-corrected chi connectivity index (χ2v) is 6.54. The van der Waals surface area contributed by atoms with E-state index >= 15 is 0 Å². The van der Waals surface area contributed by atoms with Crippen LogP contribution in [0.4, 0.5) is 10.2 Å². The zero-order valence-electron chi connectivity index (χ0n) is 14.0. The minimum Gasteiger partial charge on any atom is -0.352 e. The molecular weight excluding hydrogens is 359 g/mol. The zero-order chi connectivity index (χ0) is 18.3. The standard InChI is InChI=1S/C17H16ClFN6O/c1-10-13(25-5-3-2-4-14(25)22-10)7-20-16(26)11-8-24(9-11)15-12(19)6-21-17(18)23-15/h2-6,11H,7-9H2,1H3,(H,20,26). The number of amides is 1. The van der Waals surface area contributed by atoms with Crippen LogP contribution >= 0.6 is 11.6 Å². The van der Waals surface area contributed by atoms with Crippen molar-refractivity contribution in [2.24, 2.45) is 5.92 Å². The topological polar surface area (TPSA) is 75.4 Å². The molecule has 134 valence electrons. The molecule has 0 unspecified atom stereocenters. The van der Waals surface area contributed by atoms with Crippen LogP contribution < -0.4 is 10.2 Å². The van der Waals surface area contributed by atoms with Gasteiger partial charge in [0.25, 0.3) is 0 Å². The molecule has 1 N–H and O–H groups in total. The van der Waals surface area contributed by atoms with Gasteiger partial charge in [0.2, 0.25) is 11.2 Å². The van der Waals surface area contributed by atoms with Crippen molar-refractivity contribution in [2.45, 2.75) is 13.5 Å². The van der Waals surface area contributed by atoms with Crippen molar-refractivity contribution >= 4 is 29.0 Å². The van der Waals surface area contributed by atoms with Gasteiger partial charge in [-0.25, -0.2) is 14.4 Å². The number of fused-ring (bicyclic) bond motifs is 1. The van der Waals surface area contributed by atoms with Crippen LogP contribution in [0.25, 0.3) is 5.65 Å². The molecule has 1 aliphatic rings. The lowest BCUT2D eigenvalue weighted by molar-refractivity contribution is -0.125. The van der Waals surface area contributed by atoms with Crippen molar-refractivity contribution in [2.75, 3.05) is 18.0 Å². The number of imidazole rings is 1. The van der Waals surface area contributed by atoms with Gasteiger partial charge in [0.05, 0.1) is 30.0 Å². The van der Waals surface area contributed by atoms with Gasteiger partial charge in [-0.15, -0.1) is 0 Å². The lowest BCUT2D eigenvalue weighted by atomic mass is 9.99. The smallest absolute Gasteiger partial charge is 0.227 e. The van der Waals surface area contributed by atoms with Crippen LogP contribution in [-0.4, -0.2) is 38.3 Å². The second-order valence-electron chi connectivity index (χ2n) is 6.20. The Morgan fingerprint density at radius 2 is 2.19 bits per heavy atom. The van der Waals surface area contributed by atoms with Crippen molar-refractivity contribution in [1.29, 1.82) is 0 Å². The molecule has 1 saturated heterocycles. The van der Waals surface area contributed by atoms with Gasteiger partial charge in [0.15, 0.2) is 11.6 Å². The van der Waals surface area contributed by atoms with Gasteiger partial charge < -0.3 is 14.6 Å². The van der Waals surface area contributed by atoms with E-state index in [-0.39, 0.29) is 22.9 Å². The molecule has 3 aromatic heterocycles. The summed E-state index contributed by atoms with van der Waals surface area (Å²) < 4.78 is 15.7. The van der Waals surface area contributed by atoms with Gasteiger partial charge in [-0.2, -0.15) is 4.98 Å². The number of hydrogen-bond acceptors (Lipinski definition) is 5. The summed E-state index contributed by atoms with van der Waals surface area (Å²) in [6.45, 7) is 3.09. The van der Waals surface area contributed by atoms with Gasteiger partial charge in [0.1, 0.15) is 5.65 Å². The zero-order valence-corrected chi connectivity index (χ0v) is 14.7. The highest BCUT2D eigenvalue weighted by Gasteiger charge is 2.35. The van der Waals surface area contributed by atoms with E-state index in [0.29, 0.717) is 19.6 Å². The number of aromatic nitrogens is 4. The van der Waals surface area contributed by atoms with Crippen LogP contribution in [-0.2, 0) is 11.3 Å². The number of anilines is 1. The molecule has 0 aromatic carbocycles. The Bertz CT molecular complexity index is 985. The van der Waals surface area contributed by atoms with E-state index in [1.165, 1.54) is 0 Å². The number of carbonyl (C=O) groups excluding carboxylic acids is 1. The third-order valence-electron chi connectivity index (χ3n) is 4.51. The van der Waals surface area contributed by atoms with Crippen molar-refractivity contribution < 1.29 is 9.18 Å². The van der Waals surface area contributed by atoms with Crippen LogP contribution in [0.1, 0.15) is 11.4 Å². The molecule has 4 heterocycles. The highest BCUT2D eigenvalue weighted by Crippen LogP contribution is 2.26. The molecule has 9 heteroatoms. The highest BCUT2D eigenvalue weighted by atomic mass is 35.5. The highest BCUT2D eigenvalue weighted by molar-refractivity contribution is 6.28. The predicted octanol–water partition coefficient (Wildman–Crippen LogP) is 1.98. The quantitative estimate of drug-likeness (QED) is 0.707. The van der Waals surface area contributed by atoms with Crippen LogP contribution in [0.2, 0.25) is 5.28 Å². The maximum absolute atomic E-state index is 13.8. The summed E-state index contributed by atoms with van der Waals surface area (Å²) in [6.07, 6.45) is 2.95. The number of halogens is 2. The number of carbonyl (C=O) groups is 1. The van der Waals surface area contributed by atoms with E-state index in [1.807, 2.05) is 35.7 Å². The average Bonchev–Trinajstić information content (AvgIpc) is 2.90. The monoisotopic (exact) mass is 374 g/mol. The summed E-state index contributed by atoms with van der Waals surface area (Å²) in [5.41, 5.74) is 2.67. The van der Waals surface area contributed by atoms with Gasteiger partial charge >= 0.3 is 0 Å². The van der Waals surface area contributed by atoms with Crippen molar-refractivity contribution in [3.8, 4) is 0 Å². The number of nitrogens with zero attached hydrogens (tertiary/aromatic N) is 5. The molecule has 4 rings (SSSR count). The van der Waals surface area contributed by atoms with Crippen LogP contribution in [0.15, 0.2) is 30.6 Å². The number of nitrogens with one attached hydrogen (secondary N) is 1. The fourth-order valence-electron chi connectivity index (χ4n) is 3.07. The molecule has 0 radical (unpaired) electrons. The van der Waals surface area contributed by atoms with Crippen molar-refractivity contribution in [3.05, 3.63) is 53.1 Å². The molecular formula is C17H16ClFN6O. The van der Waals surface area contributed by atoms with E-state index in [4.69, 9.17) is 11.6 Å². The fraction of sp³-hybridized carbons (Fsp3) is 0.294. The molecule has 0 bridgehead atoms. The lowest BCUT2D eigenvalue weighted by Crippen LogP contribution is -2.54. The number of pyridine rings is 1. The summed E-state index contributed by atoms with van der Waals surface area (Å²) in [4.78, 5) is 26.0. The third kappa shape index (κ3) is 2.96.